The summed E-state index contributed by atoms with van der Waals surface area (Å²) in [6, 6.07) is 10.0. The number of aryl methyl sites for hydroxylation is 1. The molecule has 0 spiro atoms. The highest BCUT2D eigenvalue weighted by molar-refractivity contribution is 5.75. The largest absolute Gasteiger partial charge is 0.292 e. The molecule has 3 heteroatoms. The Morgan fingerprint density at radius 2 is 2.00 bits per heavy atom. The number of carbonyl (C=O) groups excluding carboxylic acids is 1. The number of benzene rings is 1. The van der Waals surface area contributed by atoms with E-state index in [-0.39, 0.29) is 5.91 Å². The summed E-state index contributed by atoms with van der Waals surface area (Å²) in [4.78, 5) is 11.3. The van der Waals surface area contributed by atoms with E-state index in [2.05, 4.69) is 17.8 Å². The highest BCUT2D eigenvalue weighted by atomic mass is 16.2. The molecule has 1 amide bonds. The van der Waals surface area contributed by atoms with Gasteiger partial charge in [0.25, 0.3) is 0 Å². The second kappa shape index (κ2) is 7.01. The highest BCUT2D eigenvalue weighted by Gasteiger charge is 2.00. The molecule has 2 N–H and O–H groups in total. The Hall–Kier alpha value is -1.35. The van der Waals surface area contributed by atoms with Gasteiger partial charge in [0.15, 0.2) is 0 Å². The van der Waals surface area contributed by atoms with Gasteiger partial charge < -0.3 is 0 Å². The van der Waals surface area contributed by atoms with Gasteiger partial charge in [-0.05, 0) is 18.4 Å². The summed E-state index contributed by atoms with van der Waals surface area (Å²) in [6.07, 6.45) is 2.33. The van der Waals surface area contributed by atoms with E-state index in [1.165, 1.54) is 5.56 Å². The molecule has 1 rings (SSSR count). The summed E-state index contributed by atoms with van der Waals surface area (Å²) in [5.74, 6) is 0.0484. The maximum Gasteiger partial charge on any atom is 0.234 e. The fourth-order valence-electron chi connectivity index (χ4n) is 1.25. The number of hydrazine groups is 1. The van der Waals surface area contributed by atoms with E-state index in [0.717, 1.165) is 19.4 Å². The smallest absolute Gasteiger partial charge is 0.234 e. The van der Waals surface area contributed by atoms with Crippen molar-refractivity contribution in [2.45, 2.75) is 26.2 Å². The lowest BCUT2D eigenvalue weighted by molar-refractivity contribution is -0.122. The zero-order valence-electron chi connectivity index (χ0n) is 9.12. The van der Waals surface area contributed by atoms with Crippen LogP contribution in [-0.4, -0.2) is 12.5 Å². The predicted molar refractivity (Wildman–Crippen MR) is 61.2 cm³/mol. The zero-order valence-corrected chi connectivity index (χ0v) is 9.12. The van der Waals surface area contributed by atoms with Crippen LogP contribution in [0.25, 0.3) is 0 Å². The van der Waals surface area contributed by atoms with Gasteiger partial charge >= 0.3 is 0 Å². The Morgan fingerprint density at radius 3 is 2.67 bits per heavy atom. The van der Waals surface area contributed by atoms with Crippen molar-refractivity contribution in [3.05, 3.63) is 35.9 Å². The van der Waals surface area contributed by atoms with E-state index in [0.29, 0.717) is 6.42 Å². The quantitative estimate of drug-likeness (QED) is 0.549. The molecule has 0 aliphatic heterocycles. The van der Waals surface area contributed by atoms with Crippen molar-refractivity contribution in [2.75, 3.05) is 6.54 Å². The molecule has 3 nitrogen and oxygen atoms in total. The lowest BCUT2D eigenvalue weighted by Crippen LogP contribution is -2.37. The van der Waals surface area contributed by atoms with E-state index in [1.54, 1.807) is 0 Å². The van der Waals surface area contributed by atoms with Crippen LogP contribution in [0.2, 0.25) is 0 Å². The second-order valence-corrected chi connectivity index (χ2v) is 3.46. The predicted octanol–water partition coefficient (Wildman–Crippen LogP) is 1.65. The SMILES string of the molecule is CCCNNC(=O)CCc1ccccc1. The standard InChI is InChI=1S/C12H18N2O/c1-2-10-13-14-12(15)9-8-11-6-4-3-5-7-11/h3-7,13H,2,8-10H2,1H3,(H,14,15). The number of carbonyl (C=O) groups is 1. The molecule has 0 atom stereocenters. The van der Waals surface area contributed by atoms with Gasteiger partial charge in [0.1, 0.15) is 0 Å². The lowest BCUT2D eigenvalue weighted by atomic mass is 10.1. The van der Waals surface area contributed by atoms with Crippen LogP contribution in [0.5, 0.6) is 0 Å². The minimum Gasteiger partial charge on any atom is -0.292 e. The van der Waals surface area contributed by atoms with Crippen molar-refractivity contribution in [3.8, 4) is 0 Å². The first-order valence-electron chi connectivity index (χ1n) is 5.38. The van der Waals surface area contributed by atoms with Gasteiger partial charge in [-0.25, -0.2) is 5.43 Å². The molecule has 15 heavy (non-hydrogen) atoms. The number of hydrogen-bond acceptors (Lipinski definition) is 2. The van der Waals surface area contributed by atoms with Crippen LogP contribution < -0.4 is 10.9 Å². The van der Waals surface area contributed by atoms with Crippen LogP contribution in [-0.2, 0) is 11.2 Å². The van der Waals surface area contributed by atoms with E-state index < -0.39 is 0 Å². The van der Waals surface area contributed by atoms with E-state index in [9.17, 15) is 4.79 Å². The Morgan fingerprint density at radius 1 is 1.27 bits per heavy atom. The molecule has 0 aliphatic rings. The number of nitrogens with one attached hydrogen (secondary N) is 2. The molecule has 1 aromatic carbocycles. The molecule has 0 fully saturated rings. The van der Waals surface area contributed by atoms with Gasteiger partial charge in [-0.2, -0.15) is 0 Å². The van der Waals surface area contributed by atoms with Crippen LogP contribution in [0.1, 0.15) is 25.3 Å². The first-order valence-corrected chi connectivity index (χ1v) is 5.38. The minimum atomic E-state index is 0.0484. The maximum absolute atomic E-state index is 11.3. The fourth-order valence-corrected chi connectivity index (χ4v) is 1.25. The average Bonchev–Trinajstić information content (AvgIpc) is 2.28. The third-order valence-electron chi connectivity index (χ3n) is 2.09. The highest BCUT2D eigenvalue weighted by Crippen LogP contribution is 2.01. The van der Waals surface area contributed by atoms with Crippen molar-refractivity contribution >= 4 is 5.91 Å². The minimum absolute atomic E-state index is 0.0484. The van der Waals surface area contributed by atoms with Crippen molar-refractivity contribution < 1.29 is 4.79 Å². The van der Waals surface area contributed by atoms with Crippen LogP contribution >= 0.6 is 0 Å². The summed E-state index contributed by atoms with van der Waals surface area (Å²) in [6.45, 7) is 2.88. The molecule has 1 aromatic rings. The zero-order chi connectivity index (χ0) is 10.9. The maximum atomic E-state index is 11.3. The summed E-state index contributed by atoms with van der Waals surface area (Å²) < 4.78 is 0. The molecule has 82 valence electrons. The summed E-state index contributed by atoms with van der Waals surface area (Å²) in [7, 11) is 0. The molecular weight excluding hydrogens is 188 g/mol. The van der Waals surface area contributed by atoms with Gasteiger partial charge in [-0.15, -0.1) is 0 Å². The third-order valence-corrected chi connectivity index (χ3v) is 2.09. The van der Waals surface area contributed by atoms with E-state index >= 15 is 0 Å². The Labute approximate surface area is 90.9 Å². The van der Waals surface area contributed by atoms with Gasteiger partial charge in [-0.3, -0.25) is 10.2 Å². The van der Waals surface area contributed by atoms with Gasteiger partial charge in [-0.1, -0.05) is 37.3 Å². The lowest BCUT2D eigenvalue weighted by Gasteiger charge is -2.05. The Bertz CT molecular complexity index is 285. The fraction of sp³-hybridized carbons (Fsp3) is 0.417. The second-order valence-electron chi connectivity index (χ2n) is 3.46. The first-order chi connectivity index (χ1) is 7.33. The van der Waals surface area contributed by atoms with Crippen molar-refractivity contribution in [2.24, 2.45) is 0 Å². The van der Waals surface area contributed by atoms with Crippen molar-refractivity contribution in [1.82, 2.24) is 10.9 Å². The summed E-state index contributed by atoms with van der Waals surface area (Å²) in [5.41, 5.74) is 6.73. The molecule has 0 aromatic heterocycles. The third kappa shape index (κ3) is 5.18. The van der Waals surface area contributed by atoms with Gasteiger partial charge in [0.2, 0.25) is 5.91 Å². The average molecular weight is 206 g/mol. The van der Waals surface area contributed by atoms with Crippen molar-refractivity contribution in [1.29, 1.82) is 0 Å². The van der Waals surface area contributed by atoms with E-state index in [1.807, 2.05) is 30.3 Å². The normalized spacial score (nSPS) is 9.93. The molecule has 0 saturated carbocycles. The molecular formula is C12H18N2O. The first kappa shape index (κ1) is 11.7. The number of rotatable bonds is 6. The molecule has 0 radical (unpaired) electrons. The topological polar surface area (TPSA) is 41.1 Å². The number of amides is 1. The van der Waals surface area contributed by atoms with Gasteiger partial charge in [0.05, 0.1) is 0 Å². The van der Waals surface area contributed by atoms with Crippen LogP contribution in [0.3, 0.4) is 0 Å². The summed E-state index contributed by atoms with van der Waals surface area (Å²) >= 11 is 0. The summed E-state index contributed by atoms with van der Waals surface area (Å²) in [5, 5.41) is 0. The Kier molecular flexibility index (Phi) is 5.48. The molecule has 0 saturated heterocycles. The monoisotopic (exact) mass is 206 g/mol. The van der Waals surface area contributed by atoms with E-state index in [4.69, 9.17) is 0 Å². The van der Waals surface area contributed by atoms with Crippen LogP contribution in [0.15, 0.2) is 30.3 Å². The van der Waals surface area contributed by atoms with Gasteiger partial charge in [0, 0.05) is 13.0 Å². The molecule has 0 unspecified atom stereocenters. The van der Waals surface area contributed by atoms with Crippen molar-refractivity contribution in [3.63, 3.8) is 0 Å². The number of hydrogen-bond donors (Lipinski definition) is 2. The molecule has 0 heterocycles. The Balaban J connectivity index is 2.17. The molecule has 0 bridgehead atoms. The van der Waals surface area contributed by atoms with Crippen LogP contribution in [0, 0.1) is 0 Å². The van der Waals surface area contributed by atoms with Crippen LogP contribution in [0.4, 0.5) is 0 Å². The molecule has 0 aliphatic carbocycles.